The maximum atomic E-state index is 12.5. The van der Waals surface area contributed by atoms with Crippen molar-refractivity contribution in [3.63, 3.8) is 0 Å². The molecule has 6 nitrogen and oxygen atoms in total. The Morgan fingerprint density at radius 2 is 1.81 bits per heavy atom. The Hall–Kier alpha value is -2.55. The third-order valence-electron chi connectivity index (χ3n) is 5.46. The maximum Gasteiger partial charge on any atom is 0.319 e. The first-order chi connectivity index (χ1) is 12.6. The van der Waals surface area contributed by atoms with Crippen molar-refractivity contribution in [2.45, 2.75) is 45.1 Å². The van der Waals surface area contributed by atoms with Gasteiger partial charge in [-0.2, -0.15) is 5.26 Å². The van der Waals surface area contributed by atoms with Gasteiger partial charge in [-0.15, -0.1) is 0 Å². The second-order valence-corrected chi connectivity index (χ2v) is 7.42. The lowest BCUT2D eigenvalue weighted by molar-refractivity contribution is 0.0697. The van der Waals surface area contributed by atoms with Crippen molar-refractivity contribution in [3.8, 4) is 6.07 Å². The van der Waals surface area contributed by atoms with E-state index in [-0.39, 0.29) is 23.9 Å². The van der Waals surface area contributed by atoms with Crippen LogP contribution in [0.4, 0.5) is 10.5 Å². The van der Waals surface area contributed by atoms with Gasteiger partial charge in [0.15, 0.2) is 0 Å². The normalized spacial score (nSPS) is 23.3. The van der Waals surface area contributed by atoms with E-state index in [0.717, 1.165) is 45.2 Å². The zero-order valence-corrected chi connectivity index (χ0v) is 15.2. The van der Waals surface area contributed by atoms with Crippen LogP contribution >= 0.6 is 0 Å². The van der Waals surface area contributed by atoms with E-state index in [1.807, 2.05) is 4.90 Å². The summed E-state index contributed by atoms with van der Waals surface area (Å²) in [6.07, 6.45) is 4.75. The molecule has 1 aromatic rings. The standard InChI is InChI=1S/C20H26N4O2/c1-14-9-11-24(12-10-14)19(25)15-5-7-17(8-6-15)22-20(26)23-18-4-2-3-16(18)13-21/h5-8,14,16,18H,2-4,9-12H2,1H3,(H2,22,23,26)/t16-,18-/m0/s1. The molecule has 2 fully saturated rings. The molecular weight excluding hydrogens is 328 g/mol. The molecule has 1 aliphatic heterocycles. The first-order valence-corrected chi connectivity index (χ1v) is 9.43. The van der Waals surface area contributed by atoms with Crippen LogP contribution in [0.15, 0.2) is 24.3 Å². The molecule has 0 bridgehead atoms. The number of hydrogen-bond acceptors (Lipinski definition) is 3. The van der Waals surface area contributed by atoms with Gasteiger partial charge < -0.3 is 15.5 Å². The monoisotopic (exact) mass is 354 g/mol. The van der Waals surface area contributed by atoms with Crippen molar-refractivity contribution in [1.82, 2.24) is 10.2 Å². The summed E-state index contributed by atoms with van der Waals surface area (Å²) in [5.74, 6) is 0.633. The van der Waals surface area contributed by atoms with Gasteiger partial charge in [-0.25, -0.2) is 4.79 Å². The highest BCUT2D eigenvalue weighted by Gasteiger charge is 2.28. The third-order valence-corrected chi connectivity index (χ3v) is 5.46. The molecule has 1 heterocycles. The summed E-state index contributed by atoms with van der Waals surface area (Å²) in [6, 6.07) is 8.87. The highest BCUT2D eigenvalue weighted by Crippen LogP contribution is 2.25. The van der Waals surface area contributed by atoms with Gasteiger partial charge in [0, 0.05) is 30.4 Å². The molecule has 138 valence electrons. The van der Waals surface area contributed by atoms with Crippen molar-refractivity contribution in [3.05, 3.63) is 29.8 Å². The van der Waals surface area contributed by atoms with Gasteiger partial charge in [0.05, 0.1) is 12.0 Å². The van der Waals surface area contributed by atoms with Crippen LogP contribution in [0, 0.1) is 23.2 Å². The zero-order chi connectivity index (χ0) is 18.5. The maximum absolute atomic E-state index is 12.5. The van der Waals surface area contributed by atoms with Crippen molar-refractivity contribution in [2.24, 2.45) is 11.8 Å². The number of carbonyl (C=O) groups excluding carboxylic acids is 2. The van der Waals surface area contributed by atoms with E-state index in [4.69, 9.17) is 5.26 Å². The average Bonchev–Trinajstić information content (AvgIpc) is 3.09. The Kier molecular flexibility index (Phi) is 5.77. The Labute approximate surface area is 154 Å². The highest BCUT2D eigenvalue weighted by molar-refractivity contribution is 5.95. The van der Waals surface area contributed by atoms with E-state index in [9.17, 15) is 9.59 Å². The summed E-state index contributed by atoms with van der Waals surface area (Å²) >= 11 is 0. The van der Waals surface area contributed by atoms with Crippen LogP contribution in [0.3, 0.4) is 0 Å². The number of urea groups is 1. The summed E-state index contributed by atoms with van der Waals surface area (Å²) in [5, 5.41) is 14.7. The summed E-state index contributed by atoms with van der Waals surface area (Å²) < 4.78 is 0. The first-order valence-electron chi connectivity index (χ1n) is 9.43. The van der Waals surface area contributed by atoms with Crippen molar-refractivity contribution >= 4 is 17.6 Å². The SMILES string of the molecule is CC1CCN(C(=O)c2ccc(NC(=O)N[C@H]3CCC[C@H]3C#N)cc2)CC1. The van der Waals surface area contributed by atoms with E-state index in [1.165, 1.54) is 0 Å². The predicted molar refractivity (Wildman–Crippen MR) is 99.6 cm³/mol. The molecular formula is C20H26N4O2. The van der Waals surface area contributed by atoms with Crippen LogP contribution in [0.2, 0.25) is 0 Å². The molecule has 0 unspecified atom stereocenters. The van der Waals surface area contributed by atoms with E-state index in [1.54, 1.807) is 24.3 Å². The number of likely N-dealkylation sites (tertiary alicyclic amines) is 1. The smallest absolute Gasteiger partial charge is 0.319 e. The molecule has 3 amide bonds. The largest absolute Gasteiger partial charge is 0.339 e. The second kappa shape index (κ2) is 8.22. The molecule has 0 radical (unpaired) electrons. The fourth-order valence-electron chi connectivity index (χ4n) is 3.71. The fourth-order valence-corrected chi connectivity index (χ4v) is 3.71. The number of nitrogens with one attached hydrogen (secondary N) is 2. The summed E-state index contributed by atoms with van der Waals surface area (Å²) in [6.45, 7) is 3.84. The van der Waals surface area contributed by atoms with Gasteiger partial charge in [0.1, 0.15) is 0 Å². The van der Waals surface area contributed by atoms with E-state index in [0.29, 0.717) is 17.2 Å². The number of anilines is 1. The third kappa shape index (κ3) is 4.34. The van der Waals surface area contributed by atoms with Crippen molar-refractivity contribution in [2.75, 3.05) is 18.4 Å². The number of benzene rings is 1. The van der Waals surface area contributed by atoms with Crippen LogP contribution in [0.5, 0.6) is 0 Å². The zero-order valence-electron chi connectivity index (χ0n) is 15.2. The lowest BCUT2D eigenvalue weighted by Gasteiger charge is -2.30. The lowest BCUT2D eigenvalue weighted by Crippen LogP contribution is -2.39. The van der Waals surface area contributed by atoms with Gasteiger partial charge in [-0.3, -0.25) is 4.79 Å². The van der Waals surface area contributed by atoms with Gasteiger partial charge in [-0.05, 0) is 62.3 Å². The lowest BCUT2D eigenvalue weighted by atomic mass is 9.98. The minimum Gasteiger partial charge on any atom is -0.339 e. The van der Waals surface area contributed by atoms with Crippen LogP contribution in [-0.4, -0.2) is 36.0 Å². The Balaban J connectivity index is 1.53. The Morgan fingerprint density at radius 3 is 2.46 bits per heavy atom. The molecule has 6 heteroatoms. The Bertz CT molecular complexity index is 687. The van der Waals surface area contributed by atoms with E-state index >= 15 is 0 Å². The number of hydrogen-bond donors (Lipinski definition) is 2. The van der Waals surface area contributed by atoms with Crippen LogP contribution < -0.4 is 10.6 Å². The molecule has 3 rings (SSSR count). The minimum absolute atomic E-state index is 0.0516. The van der Waals surface area contributed by atoms with Gasteiger partial charge >= 0.3 is 6.03 Å². The van der Waals surface area contributed by atoms with E-state index < -0.39 is 0 Å². The van der Waals surface area contributed by atoms with Gasteiger partial charge in [0.25, 0.3) is 5.91 Å². The number of carbonyl (C=O) groups is 2. The quantitative estimate of drug-likeness (QED) is 0.872. The van der Waals surface area contributed by atoms with E-state index in [2.05, 4.69) is 23.6 Å². The predicted octanol–water partition coefficient (Wildman–Crippen LogP) is 3.37. The minimum atomic E-state index is -0.304. The van der Waals surface area contributed by atoms with Crippen molar-refractivity contribution in [1.29, 1.82) is 5.26 Å². The number of nitrogens with zero attached hydrogens (tertiary/aromatic N) is 2. The molecule has 1 aliphatic carbocycles. The number of piperidine rings is 1. The first kappa shape index (κ1) is 18.2. The van der Waals surface area contributed by atoms with Crippen LogP contribution in [0.25, 0.3) is 0 Å². The molecule has 26 heavy (non-hydrogen) atoms. The number of nitriles is 1. The number of amides is 3. The van der Waals surface area contributed by atoms with Crippen LogP contribution in [-0.2, 0) is 0 Å². The molecule has 1 saturated carbocycles. The molecule has 2 atom stereocenters. The summed E-state index contributed by atoms with van der Waals surface area (Å²) in [5.41, 5.74) is 1.28. The molecule has 0 aromatic heterocycles. The molecule has 2 aliphatic rings. The van der Waals surface area contributed by atoms with Gasteiger partial charge in [0.2, 0.25) is 0 Å². The topological polar surface area (TPSA) is 85.2 Å². The molecule has 1 aromatic carbocycles. The molecule has 2 N–H and O–H groups in total. The summed E-state index contributed by atoms with van der Waals surface area (Å²) in [7, 11) is 0. The summed E-state index contributed by atoms with van der Waals surface area (Å²) in [4.78, 5) is 26.6. The Morgan fingerprint density at radius 1 is 1.12 bits per heavy atom. The highest BCUT2D eigenvalue weighted by atomic mass is 16.2. The van der Waals surface area contributed by atoms with Crippen molar-refractivity contribution < 1.29 is 9.59 Å². The van der Waals surface area contributed by atoms with Gasteiger partial charge in [-0.1, -0.05) is 6.92 Å². The fraction of sp³-hybridized carbons (Fsp3) is 0.550. The number of rotatable bonds is 3. The average molecular weight is 354 g/mol. The second-order valence-electron chi connectivity index (χ2n) is 7.42. The molecule has 1 saturated heterocycles. The molecule has 0 spiro atoms. The van der Waals surface area contributed by atoms with Crippen LogP contribution in [0.1, 0.15) is 49.4 Å².